The Morgan fingerprint density at radius 1 is 1.09 bits per heavy atom. The number of carbonyl (C=O) groups is 1. The van der Waals surface area contributed by atoms with Crippen LogP contribution < -0.4 is 4.90 Å². The smallest absolute Gasteiger partial charge is 0.226 e. The lowest BCUT2D eigenvalue weighted by Crippen LogP contribution is -2.25. The van der Waals surface area contributed by atoms with Crippen molar-refractivity contribution in [3.63, 3.8) is 0 Å². The van der Waals surface area contributed by atoms with Gasteiger partial charge in [0.1, 0.15) is 11.9 Å². The van der Waals surface area contributed by atoms with E-state index in [1.165, 1.54) is 12.1 Å². The van der Waals surface area contributed by atoms with E-state index in [2.05, 4.69) is 0 Å². The fraction of sp³-hybridized carbons (Fsp3) is 0.278. The second-order valence-corrected chi connectivity index (χ2v) is 5.65. The average molecular weight is 299 g/mol. The van der Waals surface area contributed by atoms with Crippen LogP contribution >= 0.6 is 0 Å². The Morgan fingerprint density at radius 2 is 1.77 bits per heavy atom. The quantitative estimate of drug-likeness (QED) is 0.925. The molecule has 1 aliphatic heterocycles. The highest BCUT2D eigenvalue weighted by Gasteiger charge is 2.20. The Morgan fingerprint density at radius 3 is 2.50 bits per heavy atom. The maximum absolute atomic E-state index is 13.0. The number of hydrogen-bond donors (Lipinski definition) is 1. The maximum Gasteiger partial charge on any atom is 0.226 e. The van der Waals surface area contributed by atoms with E-state index in [9.17, 15) is 14.3 Å². The van der Waals surface area contributed by atoms with Crippen LogP contribution in [0.4, 0.5) is 10.1 Å². The number of benzene rings is 2. The molecule has 1 atom stereocenters. The molecule has 1 unspecified atom stereocenters. The van der Waals surface area contributed by atoms with Crippen molar-refractivity contribution >= 4 is 11.6 Å². The molecule has 3 nitrogen and oxygen atoms in total. The van der Waals surface area contributed by atoms with Crippen LogP contribution in [0.5, 0.6) is 0 Å². The summed E-state index contributed by atoms with van der Waals surface area (Å²) >= 11 is 0. The van der Waals surface area contributed by atoms with Gasteiger partial charge in [-0.1, -0.05) is 24.3 Å². The molecule has 0 saturated heterocycles. The van der Waals surface area contributed by atoms with Gasteiger partial charge >= 0.3 is 0 Å². The highest BCUT2D eigenvalue weighted by Crippen LogP contribution is 2.30. The topological polar surface area (TPSA) is 40.5 Å². The van der Waals surface area contributed by atoms with Gasteiger partial charge in [-0.25, -0.2) is 4.39 Å². The Balaban J connectivity index is 1.94. The summed E-state index contributed by atoms with van der Waals surface area (Å²) in [4.78, 5) is 13.6. The predicted molar refractivity (Wildman–Crippen MR) is 83.3 cm³/mol. The number of rotatable bonds is 2. The van der Waals surface area contributed by atoms with Gasteiger partial charge < -0.3 is 10.0 Å². The number of nitrogens with zero attached hydrogens (tertiary/aromatic N) is 1. The van der Waals surface area contributed by atoms with Gasteiger partial charge in [0.25, 0.3) is 0 Å². The summed E-state index contributed by atoms with van der Waals surface area (Å²) in [6.45, 7) is 0. The second kappa shape index (κ2) is 5.89. The minimum absolute atomic E-state index is 0.116. The minimum atomic E-state index is -0.796. The summed E-state index contributed by atoms with van der Waals surface area (Å²) < 4.78 is 13.0. The summed E-state index contributed by atoms with van der Waals surface area (Å²) in [6.07, 6.45) is 1.37. The third-order valence-electron chi connectivity index (χ3n) is 4.18. The molecule has 4 heteroatoms. The van der Waals surface area contributed by atoms with Crippen molar-refractivity contribution in [1.82, 2.24) is 0 Å². The van der Waals surface area contributed by atoms with Gasteiger partial charge in [0.05, 0.1) is 0 Å². The molecule has 0 radical (unpaired) electrons. The molecule has 3 rings (SSSR count). The van der Waals surface area contributed by atoms with Gasteiger partial charge in [-0.15, -0.1) is 0 Å². The zero-order chi connectivity index (χ0) is 15.7. The van der Waals surface area contributed by atoms with E-state index in [1.807, 2.05) is 18.2 Å². The van der Waals surface area contributed by atoms with E-state index in [4.69, 9.17) is 0 Å². The predicted octanol–water partition coefficient (Wildman–Crippen LogP) is 3.21. The fourth-order valence-electron chi connectivity index (χ4n) is 2.87. The SMILES string of the molecule is CN1C(=O)CCCc2cc(C(O)c3ccc(F)cc3)ccc21. The first-order valence-electron chi connectivity index (χ1n) is 7.39. The van der Waals surface area contributed by atoms with Crippen LogP contribution in [0.2, 0.25) is 0 Å². The molecule has 0 aromatic heterocycles. The Labute approximate surface area is 129 Å². The molecule has 0 bridgehead atoms. The molecule has 1 heterocycles. The van der Waals surface area contributed by atoms with Crippen molar-refractivity contribution < 1.29 is 14.3 Å². The first-order chi connectivity index (χ1) is 10.6. The number of aliphatic hydroxyl groups is 1. The van der Waals surface area contributed by atoms with Crippen LogP contribution in [0.15, 0.2) is 42.5 Å². The van der Waals surface area contributed by atoms with E-state index in [-0.39, 0.29) is 11.7 Å². The molecular weight excluding hydrogens is 281 g/mol. The molecule has 1 N–H and O–H groups in total. The molecule has 1 amide bonds. The van der Waals surface area contributed by atoms with Crippen molar-refractivity contribution in [2.45, 2.75) is 25.4 Å². The first-order valence-corrected chi connectivity index (χ1v) is 7.39. The molecule has 22 heavy (non-hydrogen) atoms. The number of anilines is 1. The lowest BCUT2D eigenvalue weighted by molar-refractivity contribution is -0.118. The van der Waals surface area contributed by atoms with Gasteiger partial charge in [-0.3, -0.25) is 4.79 Å². The van der Waals surface area contributed by atoms with Crippen LogP contribution in [-0.2, 0) is 11.2 Å². The molecule has 2 aromatic carbocycles. The average Bonchev–Trinajstić information content (AvgIpc) is 2.67. The lowest BCUT2D eigenvalue weighted by Gasteiger charge is -2.19. The largest absolute Gasteiger partial charge is 0.384 e. The summed E-state index contributed by atoms with van der Waals surface area (Å²) in [5, 5.41) is 10.5. The molecule has 0 spiro atoms. The molecule has 2 aromatic rings. The van der Waals surface area contributed by atoms with Gasteiger partial charge in [0.2, 0.25) is 5.91 Å². The standard InChI is InChI=1S/C18H18FNO2/c1-20-16-10-7-14(11-13(16)3-2-4-17(20)21)18(22)12-5-8-15(19)9-6-12/h5-11,18,22H,2-4H2,1H3. The number of amides is 1. The van der Waals surface area contributed by atoms with Gasteiger partial charge in [0.15, 0.2) is 0 Å². The van der Waals surface area contributed by atoms with Crippen molar-refractivity contribution in [3.8, 4) is 0 Å². The Hall–Kier alpha value is -2.20. The third-order valence-corrected chi connectivity index (χ3v) is 4.18. The molecule has 1 aliphatic rings. The molecular formula is C18H18FNO2. The summed E-state index contributed by atoms with van der Waals surface area (Å²) in [5.41, 5.74) is 3.37. The number of carbonyl (C=O) groups excluding carboxylic acids is 1. The Bertz CT molecular complexity index is 697. The summed E-state index contributed by atoms with van der Waals surface area (Å²) in [5.74, 6) is -0.205. The van der Waals surface area contributed by atoms with E-state index in [0.717, 1.165) is 29.7 Å². The van der Waals surface area contributed by atoms with E-state index < -0.39 is 6.10 Å². The van der Waals surface area contributed by atoms with Gasteiger partial charge in [-0.05, 0) is 47.7 Å². The van der Waals surface area contributed by atoms with Crippen LogP contribution in [0.25, 0.3) is 0 Å². The third kappa shape index (κ3) is 2.74. The maximum atomic E-state index is 13.0. The zero-order valence-electron chi connectivity index (χ0n) is 12.4. The zero-order valence-corrected chi connectivity index (χ0v) is 12.4. The molecule has 0 fully saturated rings. The van der Waals surface area contributed by atoms with Crippen molar-refractivity contribution in [2.75, 3.05) is 11.9 Å². The normalized spacial score (nSPS) is 16.1. The fourth-order valence-corrected chi connectivity index (χ4v) is 2.87. The van der Waals surface area contributed by atoms with Crippen LogP contribution in [0.3, 0.4) is 0 Å². The van der Waals surface area contributed by atoms with E-state index in [1.54, 1.807) is 24.1 Å². The highest BCUT2D eigenvalue weighted by molar-refractivity contribution is 5.94. The summed E-state index contributed by atoms with van der Waals surface area (Å²) in [6, 6.07) is 11.5. The van der Waals surface area contributed by atoms with Crippen LogP contribution in [0.1, 0.15) is 35.6 Å². The Kier molecular flexibility index (Phi) is 3.94. The molecule has 114 valence electrons. The summed E-state index contributed by atoms with van der Waals surface area (Å²) in [7, 11) is 1.78. The van der Waals surface area contributed by atoms with Crippen LogP contribution in [-0.4, -0.2) is 18.1 Å². The monoisotopic (exact) mass is 299 g/mol. The van der Waals surface area contributed by atoms with Crippen molar-refractivity contribution in [1.29, 1.82) is 0 Å². The molecule has 0 saturated carbocycles. The van der Waals surface area contributed by atoms with Crippen molar-refractivity contribution in [2.24, 2.45) is 0 Å². The minimum Gasteiger partial charge on any atom is -0.384 e. The number of halogens is 1. The van der Waals surface area contributed by atoms with Gasteiger partial charge in [-0.2, -0.15) is 0 Å². The second-order valence-electron chi connectivity index (χ2n) is 5.65. The van der Waals surface area contributed by atoms with E-state index >= 15 is 0 Å². The number of aryl methyl sites for hydroxylation is 1. The van der Waals surface area contributed by atoms with Gasteiger partial charge in [0, 0.05) is 19.2 Å². The van der Waals surface area contributed by atoms with Crippen LogP contribution in [0, 0.1) is 5.82 Å². The lowest BCUT2D eigenvalue weighted by atomic mass is 9.97. The number of hydrogen-bond acceptors (Lipinski definition) is 2. The van der Waals surface area contributed by atoms with E-state index in [0.29, 0.717) is 12.0 Å². The number of fused-ring (bicyclic) bond motifs is 1. The van der Waals surface area contributed by atoms with Crippen molar-refractivity contribution in [3.05, 3.63) is 65.0 Å². The first kappa shape index (κ1) is 14.7. The number of aliphatic hydroxyl groups excluding tert-OH is 1. The highest BCUT2D eigenvalue weighted by atomic mass is 19.1. The molecule has 0 aliphatic carbocycles.